The second-order valence-corrected chi connectivity index (χ2v) is 7.60. The van der Waals surface area contributed by atoms with Crippen molar-refractivity contribution in [2.75, 3.05) is 6.54 Å². The summed E-state index contributed by atoms with van der Waals surface area (Å²) < 4.78 is 0. The number of nitrogens with zero attached hydrogens (tertiary/aromatic N) is 2. The highest BCUT2D eigenvalue weighted by Gasteiger charge is 2.32. The average molecular weight is 390 g/mol. The zero-order valence-electron chi connectivity index (χ0n) is 16.5. The monoisotopic (exact) mass is 390 g/mol. The van der Waals surface area contributed by atoms with Crippen molar-refractivity contribution in [3.63, 3.8) is 0 Å². The Labute approximate surface area is 170 Å². The van der Waals surface area contributed by atoms with Gasteiger partial charge in [-0.05, 0) is 18.1 Å². The van der Waals surface area contributed by atoms with Crippen LogP contribution in [0, 0.1) is 0 Å². The minimum Gasteiger partial charge on any atom is -0.391 e. The summed E-state index contributed by atoms with van der Waals surface area (Å²) in [5.74, 6) is -0.258. The minimum atomic E-state index is -0.911. The molecule has 0 saturated carbocycles. The van der Waals surface area contributed by atoms with Gasteiger partial charge in [0.1, 0.15) is 6.04 Å². The summed E-state index contributed by atoms with van der Waals surface area (Å²) in [5.41, 5.74) is 11.2. The molecule has 0 fully saturated rings. The number of rotatable bonds is 5. The Bertz CT molecular complexity index is 930. The zero-order valence-corrected chi connectivity index (χ0v) is 16.5. The van der Waals surface area contributed by atoms with E-state index in [1.165, 1.54) is 0 Å². The van der Waals surface area contributed by atoms with Crippen molar-refractivity contribution >= 4 is 5.91 Å². The molecular formula is C23H26N4O2. The van der Waals surface area contributed by atoms with E-state index < -0.39 is 12.1 Å². The Morgan fingerprint density at radius 3 is 2.24 bits per heavy atom. The summed E-state index contributed by atoms with van der Waals surface area (Å²) in [5, 5.41) is 17.6. The number of carbonyl (C=O) groups excluding carboxylic acids is 1. The first kappa shape index (κ1) is 19.4. The van der Waals surface area contributed by atoms with Crippen molar-refractivity contribution in [1.29, 1.82) is 0 Å². The van der Waals surface area contributed by atoms with Gasteiger partial charge in [-0.25, -0.2) is 0 Å². The molecule has 6 nitrogen and oxygen atoms in total. The molecule has 1 amide bonds. The number of hydrogen-bond donors (Lipinski definition) is 3. The standard InChI is InChI=1S/C23H26N4O2/c1-15(28)21(24)23(29)27-13-12-19-18(14-27)22(26-25-19)20(16-8-4-2-5-9-16)17-10-6-3-7-11-17/h2-11,15,20-21,28H,12-14,24H2,1H3,(H,25,26)/t15-,21+/m1/s1. The highest BCUT2D eigenvalue weighted by atomic mass is 16.3. The fourth-order valence-electron chi connectivity index (χ4n) is 3.96. The van der Waals surface area contributed by atoms with E-state index in [1.807, 2.05) is 36.4 Å². The van der Waals surface area contributed by atoms with E-state index in [-0.39, 0.29) is 11.8 Å². The SMILES string of the molecule is C[C@@H](O)[C@H](N)C(=O)N1CCc2[nH]nc(C(c3ccccc3)c3ccccc3)c2C1. The predicted molar refractivity (Wildman–Crippen MR) is 111 cm³/mol. The molecule has 1 aromatic heterocycles. The average Bonchev–Trinajstić information content (AvgIpc) is 3.17. The normalized spacial score (nSPS) is 15.8. The summed E-state index contributed by atoms with van der Waals surface area (Å²) in [7, 11) is 0. The van der Waals surface area contributed by atoms with E-state index in [4.69, 9.17) is 5.73 Å². The third-order valence-electron chi connectivity index (χ3n) is 5.62. The summed E-state index contributed by atoms with van der Waals surface area (Å²) >= 11 is 0. The van der Waals surface area contributed by atoms with Crippen molar-refractivity contribution in [2.45, 2.75) is 38.0 Å². The molecule has 4 N–H and O–H groups in total. The highest BCUT2D eigenvalue weighted by molar-refractivity contribution is 5.82. The second-order valence-electron chi connectivity index (χ2n) is 7.60. The Hall–Kier alpha value is -2.96. The number of carbonyl (C=O) groups is 1. The lowest BCUT2D eigenvalue weighted by Crippen LogP contribution is -2.50. The maximum Gasteiger partial charge on any atom is 0.242 e. The minimum absolute atomic E-state index is 0.0297. The van der Waals surface area contributed by atoms with Crippen LogP contribution in [0.3, 0.4) is 0 Å². The fraction of sp³-hybridized carbons (Fsp3) is 0.304. The summed E-state index contributed by atoms with van der Waals surface area (Å²) in [6.07, 6.45) is -0.189. The molecule has 0 spiro atoms. The van der Waals surface area contributed by atoms with Crippen molar-refractivity contribution in [1.82, 2.24) is 15.1 Å². The Balaban J connectivity index is 1.72. The van der Waals surface area contributed by atoms with Crippen LogP contribution >= 0.6 is 0 Å². The largest absolute Gasteiger partial charge is 0.391 e. The lowest BCUT2D eigenvalue weighted by Gasteiger charge is -2.31. The molecule has 2 aromatic carbocycles. The molecule has 29 heavy (non-hydrogen) atoms. The summed E-state index contributed by atoms with van der Waals surface area (Å²) in [6, 6.07) is 19.6. The van der Waals surface area contributed by atoms with Gasteiger partial charge in [-0.1, -0.05) is 60.7 Å². The van der Waals surface area contributed by atoms with Crippen LogP contribution in [0.1, 0.15) is 40.9 Å². The van der Waals surface area contributed by atoms with Gasteiger partial charge in [0.15, 0.2) is 0 Å². The maximum atomic E-state index is 12.7. The van der Waals surface area contributed by atoms with Crippen LogP contribution in [0.2, 0.25) is 0 Å². The number of aliphatic hydroxyl groups excluding tert-OH is 1. The van der Waals surface area contributed by atoms with Crippen molar-refractivity contribution in [2.24, 2.45) is 5.73 Å². The molecule has 1 aliphatic rings. The van der Waals surface area contributed by atoms with E-state index in [9.17, 15) is 9.90 Å². The highest BCUT2D eigenvalue weighted by Crippen LogP contribution is 2.35. The van der Waals surface area contributed by atoms with Gasteiger partial charge >= 0.3 is 0 Å². The van der Waals surface area contributed by atoms with Gasteiger partial charge in [0.05, 0.1) is 17.7 Å². The molecule has 0 aliphatic carbocycles. The molecule has 150 valence electrons. The molecule has 0 unspecified atom stereocenters. The topological polar surface area (TPSA) is 95.2 Å². The van der Waals surface area contributed by atoms with E-state index in [2.05, 4.69) is 34.5 Å². The summed E-state index contributed by atoms with van der Waals surface area (Å²) in [6.45, 7) is 2.55. The van der Waals surface area contributed by atoms with Crippen LogP contribution in [-0.2, 0) is 17.8 Å². The fourth-order valence-corrected chi connectivity index (χ4v) is 3.96. The van der Waals surface area contributed by atoms with Crippen LogP contribution < -0.4 is 5.73 Å². The molecule has 4 rings (SSSR count). The second kappa shape index (κ2) is 8.19. The Morgan fingerprint density at radius 1 is 1.10 bits per heavy atom. The van der Waals surface area contributed by atoms with Gasteiger partial charge in [0, 0.05) is 30.8 Å². The van der Waals surface area contributed by atoms with Gasteiger partial charge < -0.3 is 15.7 Å². The number of benzene rings is 2. The molecule has 3 aromatic rings. The maximum absolute atomic E-state index is 12.7. The Kier molecular flexibility index (Phi) is 5.47. The van der Waals surface area contributed by atoms with Gasteiger partial charge in [-0.3, -0.25) is 9.89 Å². The predicted octanol–water partition coefficient (Wildman–Crippen LogP) is 2.18. The third kappa shape index (κ3) is 3.81. The zero-order chi connectivity index (χ0) is 20.4. The molecule has 2 heterocycles. The number of H-pyrrole nitrogens is 1. The first-order valence-electron chi connectivity index (χ1n) is 9.94. The van der Waals surface area contributed by atoms with Gasteiger partial charge in [0.25, 0.3) is 0 Å². The molecule has 1 aliphatic heterocycles. The third-order valence-corrected chi connectivity index (χ3v) is 5.62. The molecule has 6 heteroatoms. The van der Waals surface area contributed by atoms with Crippen LogP contribution in [0.5, 0.6) is 0 Å². The summed E-state index contributed by atoms with van der Waals surface area (Å²) in [4.78, 5) is 14.4. The first-order chi connectivity index (χ1) is 14.1. The van der Waals surface area contributed by atoms with Crippen LogP contribution in [0.4, 0.5) is 0 Å². The van der Waals surface area contributed by atoms with E-state index >= 15 is 0 Å². The lowest BCUT2D eigenvalue weighted by atomic mass is 9.85. The molecular weight excluding hydrogens is 364 g/mol. The van der Waals surface area contributed by atoms with Gasteiger partial charge in [-0.2, -0.15) is 5.10 Å². The van der Waals surface area contributed by atoms with Crippen molar-refractivity contribution in [3.8, 4) is 0 Å². The van der Waals surface area contributed by atoms with Gasteiger partial charge in [-0.15, -0.1) is 0 Å². The number of hydrogen-bond acceptors (Lipinski definition) is 4. The van der Waals surface area contributed by atoms with Gasteiger partial charge in [0.2, 0.25) is 5.91 Å². The molecule has 0 bridgehead atoms. The van der Waals surface area contributed by atoms with E-state index in [1.54, 1.807) is 11.8 Å². The quantitative estimate of drug-likeness (QED) is 0.622. The van der Waals surface area contributed by atoms with E-state index in [0.29, 0.717) is 19.5 Å². The van der Waals surface area contributed by atoms with Crippen LogP contribution in [-0.4, -0.2) is 44.8 Å². The number of aliphatic hydroxyl groups is 1. The number of fused-ring (bicyclic) bond motifs is 1. The van der Waals surface area contributed by atoms with Crippen molar-refractivity contribution in [3.05, 3.63) is 88.7 Å². The number of aromatic amines is 1. The van der Waals surface area contributed by atoms with E-state index in [0.717, 1.165) is 28.1 Å². The lowest BCUT2D eigenvalue weighted by molar-refractivity contribution is -0.135. The molecule has 2 atom stereocenters. The number of nitrogens with one attached hydrogen (secondary N) is 1. The Morgan fingerprint density at radius 2 is 1.69 bits per heavy atom. The molecule has 0 saturated heterocycles. The number of aromatic nitrogens is 2. The first-order valence-corrected chi connectivity index (χ1v) is 9.94. The smallest absolute Gasteiger partial charge is 0.242 e. The van der Waals surface area contributed by atoms with Crippen LogP contribution in [0.25, 0.3) is 0 Å². The van der Waals surface area contributed by atoms with Crippen molar-refractivity contribution < 1.29 is 9.90 Å². The number of nitrogens with two attached hydrogens (primary N) is 1. The number of amides is 1. The van der Waals surface area contributed by atoms with Crippen LogP contribution in [0.15, 0.2) is 60.7 Å². The molecule has 0 radical (unpaired) electrons.